The van der Waals surface area contributed by atoms with Crippen LogP contribution in [0.5, 0.6) is 0 Å². The van der Waals surface area contributed by atoms with Crippen LogP contribution in [-0.4, -0.2) is 48.8 Å². The molecule has 0 bridgehead atoms. The van der Waals surface area contributed by atoms with Crippen LogP contribution in [0, 0.1) is 0 Å². The van der Waals surface area contributed by atoms with Gasteiger partial charge in [-0.25, -0.2) is 15.0 Å². The number of aryl methyl sites for hydroxylation is 1. The number of piperidine rings is 1. The number of H-pyrrole nitrogens is 1. The zero-order valence-electron chi connectivity index (χ0n) is 14.7. The summed E-state index contributed by atoms with van der Waals surface area (Å²) in [6.45, 7) is 4.17. The van der Waals surface area contributed by atoms with Crippen LogP contribution in [-0.2, 0) is 7.05 Å². The summed E-state index contributed by atoms with van der Waals surface area (Å²) in [5.41, 5.74) is 2.91. The number of fused-ring (bicyclic) bond motifs is 1. The second kappa shape index (κ2) is 6.79. The van der Waals surface area contributed by atoms with Crippen molar-refractivity contribution in [1.82, 2.24) is 35.0 Å². The molecule has 1 fully saturated rings. The number of hydrogen-bond donors (Lipinski definition) is 2. The zero-order chi connectivity index (χ0) is 17.2. The standard InChI is InChI=1S/C17H24N8/c1-3-13(14-4-7-22-24(14)2)23-12-5-8-25(9-6-12)17-15-16(19-10-18-15)20-11-21-17/h4,7,10-13,23H,3,5-6,8-9H2,1-2H3,(H,18,19,20,21)/t13-/m0/s1. The van der Waals surface area contributed by atoms with Crippen molar-refractivity contribution in [1.29, 1.82) is 0 Å². The Morgan fingerprint density at radius 3 is 2.84 bits per heavy atom. The predicted octanol–water partition coefficient (Wildman–Crippen LogP) is 1.80. The molecule has 0 spiro atoms. The number of aromatic nitrogens is 6. The number of rotatable bonds is 5. The maximum Gasteiger partial charge on any atom is 0.182 e. The largest absolute Gasteiger partial charge is 0.355 e. The van der Waals surface area contributed by atoms with Gasteiger partial charge in [0.05, 0.1) is 12.0 Å². The lowest BCUT2D eigenvalue weighted by atomic mass is 10.0. The van der Waals surface area contributed by atoms with Crippen LogP contribution in [0.2, 0.25) is 0 Å². The molecule has 0 saturated carbocycles. The molecule has 1 atom stereocenters. The first-order valence-corrected chi connectivity index (χ1v) is 8.89. The highest BCUT2D eigenvalue weighted by Gasteiger charge is 2.25. The van der Waals surface area contributed by atoms with Crippen LogP contribution >= 0.6 is 0 Å². The Morgan fingerprint density at radius 1 is 1.28 bits per heavy atom. The molecule has 0 aromatic carbocycles. The molecule has 1 aliphatic rings. The van der Waals surface area contributed by atoms with Crippen LogP contribution in [0.3, 0.4) is 0 Å². The van der Waals surface area contributed by atoms with E-state index in [-0.39, 0.29) is 0 Å². The Morgan fingerprint density at radius 2 is 2.12 bits per heavy atom. The van der Waals surface area contributed by atoms with Gasteiger partial charge in [0.15, 0.2) is 11.5 Å². The van der Waals surface area contributed by atoms with E-state index in [0.717, 1.165) is 49.3 Å². The number of anilines is 1. The maximum atomic E-state index is 4.47. The van der Waals surface area contributed by atoms with Crippen molar-refractivity contribution in [3.63, 3.8) is 0 Å². The SMILES string of the molecule is CC[C@H](NC1CCN(c2ncnc3nc[nH]c23)CC1)c1ccnn1C. The van der Waals surface area contributed by atoms with E-state index < -0.39 is 0 Å². The van der Waals surface area contributed by atoms with Crippen LogP contribution in [0.15, 0.2) is 24.9 Å². The number of imidazole rings is 1. The minimum Gasteiger partial charge on any atom is -0.355 e. The van der Waals surface area contributed by atoms with Crippen molar-refractivity contribution in [3.8, 4) is 0 Å². The molecule has 4 rings (SSSR count). The fourth-order valence-electron chi connectivity index (χ4n) is 3.67. The van der Waals surface area contributed by atoms with Crippen molar-refractivity contribution in [2.24, 2.45) is 7.05 Å². The van der Waals surface area contributed by atoms with Gasteiger partial charge in [-0.3, -0.25) is 4.68 Å². The highest BCUT2D eigenvalue weighted by molar-refractivity contribution is 5.82. The molecule has 2 N–H and O–H groups in total. The zero-order valence-corrected chi connectivity index (χ0v) is 14.7. The van der Waals surface area contributed by atoms with Gasteiger partial charge >= 0.3 is 0 Å². The molecule has 8 nitrogen and oxygen atoms in total. The van der Waals surface area contributed by atoms with E-state index in [1.165, 1.54) is 5.69 Å². The summed E-state index contributed by atoms with van der Waals surface area (Å²) in [5.74, 6) is 0.958. The molecule has 4 heterocycles. The molecule has 8 heteroatoms. The Bertz CT molecular complexity index is 830. The second-order valence-electron chi connectivity index (χ2n) is 6.57. The molecule has 0 unspecified atom stereocenters. The molecule has 0 amide bonds. The molecular weight excluding hydrogens is 316 g/mol. The highest BCUT2D eigenvalue weighted by atomic mass is 15.3. The van der Waals surface area contributed by atoms with Crippen LogP contribution < -0.4 is 10.2 Å². The van der Waals surface area contributed by atoms with Gasteiger partial charge in [-0.1, -0.05) is 6.92 Å². The topological polar surface area (TPSA) is 87.5 Å². The summed E-state index contributed by atoms with van der Waals surface area (Å²) in [6, 6.07) is 2.96. The van der Waals surface area contributed by atoms with E-state index in [0.29, 0.717) is 12.1 Å². The van der Waals surface area contributed by atoms with Crippen molar-refractivity contribution < 1.29 is 0 Å². The number of nitrogens with one attached hydrogen (secondary N) is 2. The molecule has 132 valence electrons. The quantitative estimate of drug-likeness (QED) is 0.736. The fraction of sp³-hybridized carbons (Fsp3) is 0.529. The molecule has 1 aliphatic heterocycles. The number of nitrogens with zero attached hydrogens (tertiary/aromatic N) is 6. The predicted molar refractivity (Wildman–Crippen MR) is 96.3 cm³/mol. The van der Waals surface area contributed by atoms with Crippen LogP contribution in [0.4, 0.5) is 5.82 Å². The summed E-state index contributed by atoms with van der Waals surface area (Å²) >= 11 is 0. The average molecular weight is 340 g/mol. The average Bonchev–Trinajstić information content (AvgIpc) is 3.29. The van der Waals surface area contributed by atoms with Gasteiger partial charge in [0.1, 0.15) is 11.8 Å². The molecule has 0 aliphatic carbocycles. The van der Waals surface area contributed by atoms with Crippen molar-refractivity contribution in [3.05, 3.63) is 30.6 Å². The van der Waals surface area contributed by atoms with Crippen LogP contribution in [0.1, 0.15) is 37.9 Å². The Balaban J connectivity index is 1.41. The Hall–Kier alpha value is -2.48. The summed E-state index contributed by atoms with van der Waals surface area (Å²) in [7, 11) is 2.01. The van der Waals surface area contributed by atoms with Gasteiger partial charge in [0.2, 0.25) is 0 Å². The number of hydrogen-bond acceptors (Lipinski definition) is 6. The summed E-state index contributed by atoms with van der Waals surface area (Å²) < 4.78 is 1.96. The van der Waals surface area contributed by atoms with E-state index in [9.17, 15) is 0 Å². The van der Waals surface area contributed by atoms with Gasteiger partial charge in [-0.2, -0.15) is 5.10 Å². The molecule has 3 aromatic rings. The van der Waals surface area contributed by atoms with Gasteiger partial charge in [0, 0.05) is 38.4 Å². The van der Waals surface area contributed by atoms with Crippen molar-refractivity contribution >= 4 is 17.0 Å². The normalized spacial score (nSPS) is 17.3. The third-order valence-electron chi connectivity index (χ3n) is 5.06. The monoisotopic (exact) mass is 340 g/mol. The van der Waals surface area contributed by atoms with Gasteiger partial charge in [-0.15, -0.1) is 0 Å². The lowest BCUT2D eigenvalue weighted by Crippen LogP contribution is -2.44. The first-order valence-electron chi connectivity index (χ1n) is 8.89. The van der Waals surface area contributed by atoms with Gasteiger partial charge < -0.3 is 15.2 Å². The number of aromatic amines is 1. The van der Waals surface area contributed by atoms with Crippen molar-refractivity contribution in [2.45, 2.75) is 38.3 Å². The van der Waals surface area contributed by atoms with E-state index in [4.69, 9.17) is 0 Å². The first kappa shape index (κ1) is 16.0. The lowest BCUT2D eigenvalue weighted by Gasteiger charge is -2.35. The second-order valence-corrected chi connectivity index (χ2v) is 6.57. The minimum atomic E-state index is 0.349. The summed E-state index contributed by atoms with van der Waals surface area (Å²) in [6.07, 6.45) is 8.38. The smallest absolute Gasteiger partial charge is 0.182 e. The molecule has 3 aromatic heterocycles. The van der Waals surface area contributed by atoms with Crippen molar-refractivity contribution in [2.75, 3.05) is 18.0 Å². The summed E-state index contributed by atoms with van der Waals surface area (Å²) in [5, 5.41) is 8.11. The fourth-order valence-corrected chi connectivity index (χ4v) is 3.67. The molecule has 25 heavy (non-hydrogen) atoms. The van der Waals surface area contributed by atoms with Gasteiger partial charge in [0.25, 0.3) is 0 Å². The Labute approximate surface area is 146 Å². The third kappa shape index (κ3) is 3.09. The van der Waals surface area contributed by atoms with E-state index in [2.05, 4.69) is 48.2 Å². The van der Waals surface area contributed by atoms with E-state index in [1.807, 2.05) is 17.9 Å². The van der Waals surface area contributed by atoms with E-state index in [1.54, 1.807) is 12.7 Å². The third-order valence-corrected chi connectivity index (χ3v) is 5.06. The maximum absolute atomic E-state index is 4.47. The molecule has 0 radical (unpaired) electrons. The lowest BCUT2D eigenvalue weighted by molar-refractivity contribution is 0.354. The van der Waals surface area contributed by atoms with Crippen LogP contribution in [0.25, 0.3) is 11.2 Å². The highest BCUT2D eigenvalue weighted by Crippen LogP contribution is 2.25. The molecule has 1 saturated heterocycles. The molecular formula is C17H24N8. The van der Waals surface area contributed by atoms with E-state index >= 15 is 0 Å². The minimum absolute atomic E-state index is 0.349. The van der Waals surface area contributed by atoms with Gasteiger partial charge in [-0.05, 0) is 25.3 Å². The first-order chi connectivity index (χ1) is 12.3. The summed E-state index contributed by atoms with van der Waals surface area (Å²) in [4.78, 5) is 18.4. The Kier molecular flexibility index (Phi) is 4.35.